The van der Waals surface area contributed by atoms with E-state index in [2.05, 4.69) is 4.98 Å². The van der Waals surface area contributed by atoms with Gasteiger partial charge in [-0.05, 0) is 24.3 Å². The van der Waals surface area contributed by atoms with Crippen molar-refractivity contribution in [3.05, 3.63) is 42.3 Å². The smallest absolute Gasteiger partial charge is 0.416 e. The molecule has 0 amide bonds. The van der Waals surface area contributed by atoms with Gasteiger partial charge in [-0.1, -0.05) is 0 Å². The Hall–Kier alpha value is -1.78. The molecular weight excluding hydrogens is 207 g/mol. The van der Waals surface area contributed by atoms with E-state index in [-0.39, 0.29) is 0 Å². The number of benzene rings is 1. The molecule has 5 heteroatoms. The second-order valence-corrected chi connectivity index (χ2v) is 2.91. The Bertz CT molecular complexity index is 431. The SMILES string of the molecule is FC(F)(F)c1ccc(-c2ncco2)cc1. The molecule has 0 aliphatic carbocycles. The Kier molecular flexibility index (Phi) is 2.22. The number of hydrogen-bond donors (Lipinski definition) is 0. The Morgan fingerprint density at radius 1 is 1.07 bits per heavy atom. The normalized spacial score (nSPS) is 11.7. The maximum absolute atomic E-state index is 12.2. The lowest BCUT2D eigenvalue weighted by molar-refractivity contribution is -0.137. The average Bonchev–Trinajstić information content (AvgIpc) is 2.69. The van der Waals surface area contributed by atoms with Crippen molar-refractivity contribution in [2.24, 2.45) is 0 Å². The first-order valence-electron chi connectivity index (χ1n) is 4.14. The van der Waals surface area contributed by atoms with Crippen LogP contribution in [0.15, 0.2) is 41.1 Å². The van der Waals surface area contributed by atoms with Crippen LogP contribution in [0.4, 0.5) is 13.2 Å². The molecule has 0 aliphatic heterocycles. The zero-order valence-electron chi connectivity index (χ0n) is 7.45. The molecule has 0 radical (unpaired) electrons. The molecule has 1 aromatic carbocycles. The summed E-state index contributed by atoms with van der Waals surface area (Å²) in [7, 11) is 0. The van der Waals surface area contributed by atoms with Crippen LogP contribution in [0.3, 0.4) is 0 Å². The van der Waals surface area contributed by atoms with E-state index in [4.69, 9.17) is 4.42 Å². The highest BCUT2D eigenvalue weighted by atomic mass is 19.4. The summed E-state index contributed by atoms with van der Waals surface area (Å²) in [4.78, 5) is 3.83. The van der Waals surface area contributed by atoms with Crippen molar-refractivity contribution >= 4 is 0 Å². The Morgan fingerprint density at radius 3 is 2.20 bits per heavy atom. The van der Waals surface area contributed by atoms with Crippen LogP contribution in [0.5, 0.6) is 0 Å². The molecule has 1 heterocycles. The fourth-order valence-corrected chi connectivity index (χ4v) is 1.17. The summed E-state index contributed by atoms with van der Waals surface area (Å²) in [5.41, 5.74) is -0.161. The minimum Gasteiger partial charge on any atom is -0.445 e. The minimum absolute atomic E-state index is 0.309. The summed E-state index contributed by atoms with van der Waals surface area (Å²) in [6, 6.07) is 4.66. The van der Waals surface area contributed by atoms with Crippen molar-refractivity contribution in [2.45, 2.75) is 6.18 Å². The van der Waals surface area contributed by atoms with Gasteiger partial charge in [-0.3, -0.25) is 0 Å². The van der Waals surface area contributed by atoms with Crippen molar-refractivity contribution in [1.82, 2.24) is 4.98 Å². The van der Waals surface area contributed by atoms with E-state index in [1.54, 1.807) is 0 Å². The maximum atomic E-state index is 12.2. The van der Waals surface area contributed by atoms with E-state index in [0.29, 0.717) is 11.5 Å². The molecule has 0 atom stereocenters. The van der Waals surface area contributed by atoms with Gasteiger partial charge in [-0.15, -0.1) is 0 Å². The molecule has 0 saturated heterocycles. The van der Waals surface area contributed by atoms with Crippen LogP contribution < -0.4 is 0 Å². The van der Waals surface area contributed by atoms with Gasteiger partial charge in [0.25, 0.3) is 0 Å². The lowest BCUT2D eigenvalue weighted by Gasteiger charge is -2.05. The molecule has 2 rings (SSSR count). The maximum Gasteiger partial charge on any atom is 0.416 e. The quantitative estimate of drug-likeness (QED) is 0.725. The fourth-order valence-electron chi connectivity index (χ4n) is 1.17. The number of hydrogen-bond acceptors (Lipinski definition) is 2. The molecular formula is C10H6F3NO. The molecule has 0 N–H and O–H groups in total. The van der Waals surface area contributed by atoms with Gasteiger partial charge in [0.2, 0.25) is 5.89 Å². The number of rotatable bonds is 1. The Labute approximate surface area is 83.4 Å². The minimum atomic E-state index is -4.31. The largest absolute Gasteiger partial charge is 0.445 e. The van der Waals surface area contributed by atoms with Gasteiger partial charge in [0.05, 0.1) is 11.8 Å². The molecule has 15 heavy (non-hydrogen) atoms. The molecule has 0 aliphatic rings. The van der Waals surface area contributed by atoms with Gasteiger partial charge in [-0.2, -0.15) is 13.2 Å². The fraction of sp³-hybridized carbons (Fsp3) is 0.100. The van der Waals surface area contributed by atoms with Crippen LogP contribution >= 0.6 is 0 Å². The third-order valence-electron chi connectivity index (χ3n) is 1.89. The molecule has 0 saturated carbocycles. The summed E-state index contributed by atoms with van der Waals surface area (Å²) in [6.45, 7) is 0. The van der Waals surface area contributed by atoms with Gasteiger partial charge in [0, 0.05) is 5.56 Å². The lowest BCUT2D eigenvalue weighted by atomic mass is 10.1. The Morgan fingerprint density at radius 2 is 1.73 bits per heavy atom. The average molecular weight is 213 g/mol. The molecule has 2 nitrogen and oxygen atoms in total. The third-order valence-corrected chi connectivity index (χ3v) is 1.89. The summed E-state index contributed by atoms with van der Waals surface area (Å²) in [5, 5.41) is 0. The van der Waals surface area contributed by atoms with Crippen molar-refractivity contribution in [1.29, 1.82) is 0 Å². The number of nitrogens with zero attached hydrogens (tertiary/aromatic N) is 1. The highest BCUT2D eigenvalue weighted by molar-refractivity contribution is 5.53. The van der Waals surface area contributed by atoms with Crippen LogP contribution in [0.1, 0.15) is 5.56 Å². The predicted molar refractivity (Wildman–Crippen MR) is 46.9 cm³/mol. The first kappa shape index (κ1) is 9.76. The molecule has 0 spiro atoms. The summed E-state index contributed by atoms with van der Waals surface area (Å²) in [5.74, 6) is 0.309. The van der Waals surface area contributed by atoms with Gasteiger partial charge >= 0.3 is 6.18 Å². The number of alkyl halides is 3. The monoisotopic (exact) mass is 213 g/mol. The van der Waals surface area contributed by atoms with E-state index >= 15 is 0 Å². The van der Waals surface area contributed by atoms with Gasteiger partial charge in [0.15, 0.2) is 0 Å². The summed E-state index contributed by atoms with van der Waals surface area (Å²) >= 11 is 0. The second-order valence-electron chi connectivity index (χ2n) is 2.91. The van der Waals surface area contributed by atoms with E-state index in [1.807, 2.05) is 0 Å². The van der Waals surface area contributed by atoms with E-state index in [0.717, 1.165) is 12.1 Å². The predicted octanol–water partition coefficient (Wildman–Crippen LogP) is 3.36. The molecule has 0 bridgehead atoms. The van der Waals surface area contributed by atoms with E-state index in [1.165, 1.54) is 24.6 Å². The number of halogens is 3. The second kappa shape index (κ2) is 3.42. The molecule has 2 aromatic rings. The standard InChI is InChI=1S/C10H6F3NO/c11-10(12,13)8-3-1-7(2-4-8)9-14-5-6-15-9/h1-6H. The lowest BCUT2D eigenvalue weighted by Crippen LogP contribution is -2.03. The first-order valence-corrected chi connectivity index (χ1v) is 4.14. The molecule has 1 aromatic heterocycles. The number of oxazole rings is 1. The zero-order chi connectivity index (χ0) is 10.9. The summed E-state index contributed by atoms with van der Waals surface area (Å²) < 4.78 is 41.6. The topological polar surface area (TPSA) is 26.0 Å². The van der Waals surface area contributed by atoms with Crippen LogP contribution in [0.25, 0.3) is 11.5 Å². The number of aromatic nitrogens is 1. The zero-order valence-corrected chi connectivity index (χ0v) is 7.45. The molecule has 0 unspecified atom stereocenters. The highest BCUT2D eigenvalue weighted by Crippen LogP contribution is 2.30. The molecule has 0 fully saturated rings. The van der Waals surface area contributed by atoms with Crippen molar-refractivity contribution < 1.29 is 17.6 Å². The van der Waals surface area contributed by atoms with E-state index in [9.17, 15) is 13.2 Å². The van der Waals surface area contributed by atoms with Crippen molar-refractivity contribution in [3.8, 4) is 11.5 Å². The van der Waals surface area contributed by atoms with Gasteiger partial charge < -0.3 is 4.42 Å². The van der Waals surface area contributed by atoms with E-state index < -0.39 is 11.7 Å². The van der Waals surface area contributed by atoms with Crippen LogP contribution in [0, 0.1) is 0 Å². The summed E-state index contributed by atoms with van der Waals surface area (Å²) in [6.07, 6.45) is -1.50. The Balaban J connectivity index is 2.33. The van der Waals surface area contributed by atoms with Crippen LogP contribution in [-0.2, 0) is 6.18 Å². The third kappa shape index (κ3) is 2.01. The van der Waals surface area contributed by atoms with Crippen molar-refractivity contribution in [3.63, 3.8) is 0 Å². The van der Waals surface area contributed by atoms with Gasteiger partial charge in [0.1, 0.15) is 6.26 Å². The first-order chi connectivity index (χ1) is 7.07. The van der Waals surface area contributed by atoms with Crippen LogP contribution in [-0.4, -0.2) is 4.98 Å². The van der Waals surface area contributed by atoms with Gasteiger partial charge in [-0.25, -0.2) is 4.98 Å². The van der Waals surface area contributed by atoms with Crippen LogP contribution in [0.2, 0.25) is 0 Å². The highest BCUT2D eigenvalue weighted by Gasteiger charge is 2.30. The molecule has 78 valence electrons. The van der Waals surface area contributed by atoms with Crippen molar-refractivity contribution in [2.75, 3.05) is 0 Å².